The maximum Gasteiger partial charge on any atom is 0.274 e. The predicted octanol–water partition coefficient (Wildman–Crippen LogP) is 4.88. The number of carbonyl (C=O) groups is 1. The second-order valence-electron chi connectivity index (χ2n) is 7.04. The molecule has 0 spiro atoms. The summed E-state index contributed by atoms with van der Waals surface area (Å²) >= 11 is 0. The van der Waals surface area contributed by atoms with Gasteiger partial charge in [-0.15, -0.1) is 0 Å². The molecular formula is C21H18N4O5. The number of furan rings is 1. The first kappa shape index (κ1) is 19.3. The first-order chi connectivity index (χ1) is 14.2. The summed E-state index contributed by atoms with van der Waals surface area (Å²) in [5.41, 5.74) is 3.04. The summed E-state index contributed by atoms with van der Waals surface area (Å²) in [7, 11) is 0. The van der Waals surface area contributed by atoms with Gasteiger partial charge in [-0.05, 0) is 45.9 Å². The largest absolute Gasteiger partial charge is 0.466 e. The van der Waals surface area contributed by atoms with Crippen LogP contribution in [-0.4, -0.2) is 21.0 Å². The van der Waals surface area contributed by atoms with Crippen molar-refractivity contribution in [2.45, 2.75) is 27.7 Å². The van der Waals surface area contributed by atoms with Gasteiger partial charge in [0.05, 0.1) is 27.3 Å². The average Bonchev–Trinajstić information content (AvgIpc) is 3.23. The van der Waals surface area contributed by atoms with Crippen LogP contribution >= 0.6 is 0 Å². The van der Waals surface area contributed by atoms with Gasteiger partial charge in [-0.25, -0.2) is 4.98 Å². The van der Waals surface area contributed by atoms with Gasteiger partial charge in [0, 0.05) is 22.9 Å². The number of fused-ring (bicyclic) bond motifs is 1. The molecule has 3 aromatic heterocycles. The number of nitrogens with one attached hydrogen (secondary N) is 1. The van der Waals surface area contributed by atoms with Crippen LogP contribution in [0.15, 0.2) is 39.3 Å². The van der Waals surface area contributed by atoms with Crippen LogP contribution in [0, 0.1) is 37.8 Å². The molecule has 0 aliphatic rings. The molecule has 0 aliphatic carbocycles. The summed E-state index contributed by atoms with van der Waals surface area (Å²) in [5, 5.41) is 18.3. The SMILES string of the molecule is Cc1cc(-c2cc(C(=O)Nc3ccc(C)c([N+](=O)[O-])c3)c3c(C)noc3n2)c(C)o1. The van der Waals surface area contributed by atoms with Gasteiger partial charge >= 0.3 is 0 Å². The third kappa shape index (κ3) is 3.30. The topological polar surface area (TPSA) is 124 Å². The zero-order chi connectivity index (χ0) is 21.6. The van der Waals surface area contributed by atoms with Crippen LogP contribution in [0.4, 0.5) is 11.4 Å². The Morgan fingerprint density at radius 3 is 2.57 bits per heavy atom. The number of hydrogen-bond acceptors (Lipinski definition) is 7. The Bertz CT molecular complexity index is 1320. The van der Waals surface area contributed by atoms with Crippen molar-refractivity contribution >= 4 is 28.4 Å². The van der Waals surface area contributed by atoms with Crippen LogP contribution in [0.5, 0.6) is 0 Å². The van der Waals surface area contributed by atoms with E-state index in [4.69, 9.17) is 8.94 Å². The normalized spacial score (nSPS) is 11.1. The van der Waals surface area contributed by atoms with E-state index in [0.717, 1.165) is 11.3 Å². The van der Waals surface area contributed by atoms with E-state index in [1.165, 1.54) is 6.07 Å². The molecule has 4 rings (SSSR count). The maximum absolute atomic E-state index is 13.1. The number of nitro groups is 1. The molecule has 0 unspecified atom stereocenters. The third-order valence-electron chi connectivity index (χ3n) is 4.84. The molecule has 152 valence electrons. The van der Waals surface area contributed by atoms with Crippen molar-refractivity contribution < 1.29 is 18.7 Å². The van der Waals surface area contributed by atoms with E-state index in [9.17, 15) is 14.9 Å². The fourth-order valence-electron chi connectivity index (χ4n) is 3.38. The minimum absolute atomic E-state index is 0.0704. The molecule has 0 bridgehead atoms. The lowest BCUT2D eigenvalue weighted by molar-refractivity contribution is -0.385. The lowest BCUT2D eigenvalue weighted by Gasteiger charge is -2.09. The summed E-state index contributed by atoms with van der Waals surface area (Å²) in [5.74, 6) is 0.929. The number of amides is 1. The Morgan fingerprint density at radius 2 is 1.90 bits per heavy atom. The van der Waals surface area contributed by atoms with Crippen LogP contribution in [-0.2, 0) is 0 Å². The molecule has 1 amide bonds. The van der Waals surface area contributed by atoms with Crippen molar-refractivity contribution in [3.05, 3.63) is 68.8 Å². The number of aromatic nitrogens is 2. The van der Waals surface area contributed by atoms with Crippen molar-refractivity contribution in [2.75, 3.05) is 5.32 Å². The number of nitrogens with zero attached hydrogens (tertiary/aromatic N) is 3. The number of pyridine rings is 1. The van der Waals surface area contributed by atoms with Gasteiger partial charge < -0.3 is 14.3 Å². The van der Waals surface area contributed by atoms with Gasteiger partial charge in [-0.1, -0.05) is 11.2 Å². The predicted molar refractivity (Wildman–Crippen MR) is 110 cm³/mol. The van der Waals surface area contributed by atoms with Gasteiger partial charge in [0.1, 0.15) is 11.5 Å². The van der Waals surface area contributed by atoms with E-state index in [1.807, 2.05) is 19.9 Å². The van der Waals surface area contributed by atoms with Gasteiger partial charge in [-0.2, -0.15) is 0 Å². The number of nitro benzene ring substituents is 1. The van der Waals surface area contributed by atoms with E-state index in [2.05, 4.69) is 15.5 Å². The van der Waals surface area contributed by atoms with Gasteiger partial charge in [0.15, 0.2) is 0 Å². The van der Waals surface area contributed by atoms with E-state index >= 15 is 0 Å². The molecule has 0 saturated carbocycles. The quantitative estimate of drug-likeness (QED) is 0.378. The molecule has 0 fully saturated rings. The first-order valence-corrected chi connectivity index (χ1v) is 9.15. The number of benzene rings is 1. The number of rotatable bonds is 4. The Labute approximate surface area is 170 Å². The fourth-order valence-corrected chi connectivity index (χ4v) is 3.38. The second-order valence-corrected chi connectivity index (χ2v) is 7.04. The van der Waals surface area contributed by atoms with Crippen LogP contribution in [0.2, 0.25) is 0 Å². The maximum atomic E-state index is 13.1. The Kier molecular flexibility index (Phi) is 4.57. The van der Waals surface area contributed by atoms with E-state index in [0.29, 0.717) is 39.3 Å². The number of aryl methyl sites for hydroxylation is 4. The van der Waals surface area contributed by atoms with E-state index < -0.39 is 10.8 Å². The summed E-state index contributed by atoms with van der Waals surface area (Å²) in [6.07, 6.45) is 0. The molecule has 3 heterocycles. The van der Waals surface area contributed by atoms with Crippen LogP contribution < -0.4 is 5.32 Å². The zero-order valence-electron chi connectivity index (χ0n) is 16.8. The summed E-state index contributed by atoms with van der Waals surface area (Å²) in [6, 6.07) is 8.00. The summed E-state index contributed by atoms with van der Waals surface area (Å²) in [4.78, 5) is 28.3. The van der Waals surface area contributed by atoms with Gasteiger partial charge in [0.2, 0.25) is 0 Å². The molecule has 0 radical (unpaired) electrons. The molecule has 0 atom stereocenters. The monoisotopic (exact) mass is 406 g/mol. The Morgan fingerprint density at radius 1 is 1.13 bits per heavy atom. The highest BCUT2D eigenvalue weighted by Crippen LogP contribution is 2.31. The van der Waals surface area contributed by atoms with E-state index in [-0.39, 0.29) is 11.4 Å². The minimum Gasteiger partial charge on any atom is -0.466 e. The highest BCUT2D eigenvalue weighted by atomic mass is 16.6. The molecule has 9 heteroatoms. The minimum atomic E-state index is -0.484. The standard InChI is InChI=1S/C21H18N4O5/c1-10-5-6-14(8-18(10)25(27)28)22-20(26)16-9-17(15-7-11(2)29-13(15)4)23-21-19(16)12(3)24-30-21/h5-9H,1-4H3,(H,22,26). The Hall–Kier alpha value is -4.01. The molecule has 0 saturated heterocycles. The van der Waals surface area contributed by atoms with Crippen LogP contribution in [0.1, 0.15) is 33.1 Å². The molecule has 1 aromatic carbocycles. The van der Waals surface area contributed by atoms with E-state index in [1.54, 1.807) is 32.0 Å². The number of anilines is 1. The third-order valence-corrected chi connectivity index (χ3v) is 4.84. The van der Waals surface area contributed by atoms with Crippen molar-refractivity contribution in [2.24, 2.45) is 0 Å². The molecular weight excluding hydrogens is 388 g/mol. The lowest BCUT2D eigenvalue weighted by Crippen LogP contribution is -2.13. The van der Waals surface area contributed by atoms with Crippen LogP contribution in [0.3, 0.4) is 0 Å². The highest BCUT2D eigenvalue weighted by molar-refractivity contribution is 6.13. The van der Waals surface area contributed by atoms with Gasteiger partial charge in [0.25, 0.3) is 17.3 Å². The summed E-state index contributed by atoms with van der Waals surface area (Å²) in [6.45, 7) is 6.99. The molecule has 4 aromatic rings. The molecule has 0 aliphatic heterocycles. The van der Waals surface area contributed by atoms with Crippen molar-refractivity contribution in [1.82, 2.24) is 10.1 Å². The lowest BCUT2D eigenvalue weighted by atomic mass is 10.0. The zero-order valence-corrected chi connectivity index (χ0v) is 16.8. The molecule has 30 heavy (non-hydrogen) atoms. The smallest absolute Gasteiger partial charge is 0.274 e. The highest BCUT2D eigenvalue weighted by Gasteiger charge is 2.22. The number of hydrogen-bond donors (Lipinski definition) is 1. The molecule has 9 nitrogen and oxygen atoms in total. The van der Waals surface area contributed by atoms with Crippen molar-refractivity contribution in [1.29, 1.82) is 0 Å². The second kappa shape index (κ2) is 7.11. The van der Waals surface area contributed by atoms with Gasteiger partial charge in [-0.3, -0.25) is 14.9 Å². The van der Waals surface area contributed by atoms with Crippen LogP contribution in [0.25, 0.3) is 22.4 Å². The van der Waals surface area contributed by atoms with Crippen molar-refractivity contribution in [3.8, 4) is 11.3 Å². The first-order valence-electron chi connectivity index (χ1n) is 9.15. The average molecular weight is 406 g/mol. The Balaban J connectivity index is 1.80. The number of carbonyl (C=O) groups excluding carboxylic acids is 1. The summed E-state index contributed by atoms with van der Waals surface area (Å²) < 4.78 is 10.9. The molecule has 1 N–H and O–H groups in total. The fraction of sp³-hybridized carbons (Fsp3) is 0.190. The van der Waals surface area contributed by atoms with Crippen molar-refractivity contribution in [3.63, 3.8) is 0 Å².